The topological polar surface area (TPSA) is 129 Å². The molecule has 238 valence electrons. The van der Waals surface area contributed by atoms with E-state index in [-0.39, 0.29) is 28.9 Å². The van der Waals surface area contributed by atoms with Crippen LogP contribution in [0, 0.1) is 17.1 Å². The largest absolute Gasteiger partial charge is 0.457 e. The normalized spacial score (nSPS) is 18.5. The van der Waals surface area contributed by atoms with E-state index in [4.69, 9.17) is 15.6 Å². The van der Waals surface area contributed by atoms with Crippen molar-refractivity contribution < 1.29 is 13.9 Å². The van der Waals surface area contributed by atoms with Gasteiger partial charge >= 0.3 is 0 Å². The fourth-order valence-electron chi connectivity index (χ4n) is 6.29. The van der Waals surface area contributed by atoms with E-state index in [9.17, 15) is 10.1 Å². The molecule has 2 aliphatic rings. The van der Waals surface area contributed by atoms with Crippen LogP contribution in [0.5, 0.6) is 11.5 Å². The number of likely N-dealkylation sites (tertiary alicyclic amines) is 1. The number of carbonyl (C=O) groups is 1. The fourth-order valence-corrected chi connectivity index (χ4v) is 6.29. The molecule has 2 aromatic carbocycles. The standard InChI is InChI=1S/C34H38FN9O2/c1-34(2,43-16-14-41(3)15-17-43)19-23(20-36)33(45)42-13-7-8-24(21-42)44-32-29(31(37)38-22-39-32)30(40-44)27-12-11-26(18-28(27)35)46-25-9-5-4-6-10-25/h4-6,9-12,18-19,22,24H,7-8,13-17,21H2,1-3H3,(H2,37,38,39). The number of ether oxygens (including phenoxy) is 1. The fraction of sp³-hybridized carbons (Fsp3) is 0.382. The zero-order valence-corrected chi connectivity index (χ0v) is 26.4. The van der Waals surface area contributed by atoms with Crippen LogP contribution in [-0.2, 0) is 4.79 Å². The predicted octanol–water partition coefficient (Wildman–Crippen LogP) is 4.65. The molecule has 2 aromatic heterocycles. The molecule has 0 aliphatic carbocycles. The molecule has 2 saturated heterocycles. The predicted molar refractivity (Wildman–Crippen MR) is 173 cm³/mol. The molecule has 11 nitrogen and oxygen atoms in total. The molecule has 1 amide bonds. The average molecular weight is 624 g/mol. The van der Waals surface area contributed by atoms with Crippen molar-refractivity contribution in [2.45, 2.75) is 38.3 Å². The van der Waals surface area contributed by atoms with Gasteiger partial charge in [-0.05, 0) is 64.1 Å². The number of piperazine rings is 1. The molecule has 0 bridgehead atoms. The molecule has 4 aromatic rings. The maximum atomic E-state index is 15.6. The number of carbonyl (C=O) groups excluding carboxylic acids is 1. The number of rotatable bonds is 7. The lowest BCUT2D eigenvalue weighted by Crippen LogP contribution is -2.53. The molecule has 0 spiro atoms. The van der Waals surface area contributed by atoms with Gasteiger partial charge in [0, 0.05) is 56.4 Å². The number of nitrogens with two attached hydrogens (primary N) is 1. The molecule has 6 rings (SSSR count). The third kappa shape index (κ3) is 6.29. The van der Waals surface area contributed by atoms with Crippen LogP contribution in [0.3, 0.4) is 0 Å². The highest BCUT2D eigenvalue weighted by Gasteiger charge is 2.33. The quantitative estimate of drug-likeness (QED) is 0.231. The second kappa shape index (κ2) is 12.9. The molecule has 12 heteroatoms. The molecule has 1 unspecified atom stereocenters. The van der Waals surface area contributed by atoms with Crippen LogP contribution in [0.15, 0.2) is 66.5 Å². The number of amides is 1. The number of piperidine rings is 1. The number of nitriles is 1. The molecule has 4 heterocycles. The van der Waals surface area contributed by atoms with Crippen LogP contribution in [0.4, 0.5) is 10.2 Å². The summed E-state index contributed by atoms with van der Waals surface area (Å²) in [6.07, 6.45) is 4.58. The number of fused-ring (bicyclic) bond motifs is 1. The van der Waals surface area contributed by atoms with Crippen molar-refractivity contribution in [1.29, 1.82) is 5.26 Å². The van der Waals surface area contributed by atoms with Crippen LogP contribution in [-0.4, -0.2) is 92.2 Å². The van der Waals surface area contributed by atoms with Crippen molar-refractivity contribution in [3.8, 4) is 28.8 Å². The summed E-state index contributed by atoms with van der Waals surface area (Å²) in [4.78, 5) is 28.7. The van der Waals surface area contributed by atoms with E-state index >= 15 is 4.39 Å². The maximum Gasteiger partial charge on any atom is 0.264 e. The van der Waals surface area contributed by atoms with Gasteiger partial charge in [0.2, 0.25) is 0 Å². The molecular formula is C34H38FN9O2. The monoisotopic (exact) mass is 623 g/mol. The highest BCUT2D eigenvalue weighted by molar-refractivity contribution is 5.99. The van der Waals surface area contributed by atoms with Crippen LogP contribution in [0.1, 0.15) is 32.7 Å². The number of para-hydroxylation sites is 1. The number of hydrogen-bond acceptors (Lipinski definition) is 9. The SMILES string of the molecule is CN1CCN(C(C)(C)C=C(C#N)C(=O)N2CCCC(n3nc(-c4ccc(Oc5ccccc5)cc4F)c4c(N)ncnc43)C2)CC1. The summed E-state index contributed by atoms with van der Waals surface area (Å²) in [5.74, 6) is 0.283. The Morgan fingerprint density at radius 2 is 1.85 bits per heavy atom. The summed E-state index contributed by atoms with van der Waals surface area (Å²) < 4.78 is 23.2. The van der Waals surface area contributed by atoms with E-state index < -0.39 is 11.4 Å². The number of anilines is 1. The third-order valence-corrected chi connectivity index (χ3v) is 8.89. The minimum absolute atomic E-state index is 0.127. The Bertz CT molecular complexity index is 1810. The second-order valence-electron chi connectivity index (χ2n) is 12.5. The van der Waals surface area contributed by atoms with Gasteiger partial charge in [0.05, 0.1) is 11.4 Å². The molecule has 2 N–H and O–H groups in total. The average Bonchev–Trinajstić information content (AvgIpc) is 3.45. The van der Waals surface area contributed by atoms with Gasteiger partial charge in [-0.1, -0.05) is 18.2 Å². The molecular weight excluding hydrogens is 585 g/mol. The first-order chi connectivity index (χ1) is 22.1. The Balaban J connectivity index is 1.27. The molecule has 0 saturated carbocycles. The lowest BCUT2D eigenvalue weighted by Gasteiger charge is -2.42. The Kier molecular flexibility index (Phi) is 8.71. The van der Waals surface area contributed by atoms with Crippen molar-refractivity contribution in [3.05, 3.63) is 72.3 Å². The van der Waals surface area contributed by atoms with Crippen molar-refractivity contribution in [1.82, 2.24) is 34.4 Å². The van der Waals surface area contributed by atoms with Gasteiger partial charge in [-0.3, -0.25) is 9.69 Å². The van der Waals surface area contributed by atoms with Crippen molar-refractivity contribution in [3.63, 3.8) is 0 Å². The number of nitrogens with zero attached hydrogens (tertiary/aromatic N) is 8. The van der Waals surface area contributed by atoms with Gasteiger partial charge in [-0.2, -0.15) is 10.4 Å². The molecule has 0 radical (unpaired) electrons. The van der Waals surface area contributed by atoms with Gasteiger partial charge in [0.1, 0.15) is 46.8 Å². The third-order valence-electron chi connectivity index (χ3n) is 8.89. The minimum Gasteiger partial charge on any atom is -0.457 e. The van der Waals surface area contributed by atoms with Gasteiger partial charge in [-0.25, -0.2) is 19.0 Å². The lowest BCUT2D eigenvalue weighted by atomic mass is 9.96. The zero-order chi connectivity index (χ0) is 32.4. The smallest absolute Gasteiger partial charge is 0.264 e. The van der Waals surface area contributed by atoms with E-state index in [0.29, 0.717) is 54.2 Å². The molecule has 1 atom stereocenters. The minimum atomic E-state index is -0.532. The van der Waals surface area contributed by atoms with E-state index in [1.165, 1.54) is 12.4 Å². The number of halogens is 1. The molecule has 2 aliphatic heterocycles. The summed E-state index contributed by atoms with van der Waals surface area (Å²) in [7, 11) is 2.09. The van der Waals surface area contributed by atoms with Crippen molar-refractivity contribution >= 4 is 22.8 Å². The second-order valence-corrected chi connectivity index (χ2v) is 12.5. The van der Waals surface area contributed by atoms with Crippen LogP contribution >= 0.6 is 0 Å². The Morgan fingerprint density at radius 3 is 2.57 bits per heavy atom. The Morgan fingerprint density at radius 1 is 1.09 bits per heavy atom. The summed E-state index contributed by atoms with van der Waals surface area (Å²) in [6, 6.07) is 15.6. The highest BCUT2D eigenvalue weighted by Crippen LogP contribution is 2.36. The number of likely N-dealkylation sites (N-methyl/N-ethyl adjacent to an activating group) is 1. The Hall–Kier alpha value is -4.86. The van der Waals surface area contributed by atoms with E-state index in [2.05, 4.69) is 32.9 Å². The first kappa shape index (κ1) is 31.1. The van der Waals surface area contributed by atoms with Gasteiger partial charge < -0.3 is 20.3 Å². The lowest BCUT2D eigenvalue weighted by molar-refractivity contribution is -0.128. The summed E-state index contributed by atoms with van der Waals surface area (Å²) in [6.45, 7) is 8.52. The first-order valence-corrected chi connectivity index (χ1v) is 15.5. The van der Waals surface area contributed by atoms with Gasteiger partial charge in [0.15, 0.2) is 5.65 Å². The summed E-state index contributed by atoms with van der Waals surface area (Å²) in [5, 5.41) is 15.3. The van der Waals surface area contributed by atoms with E-state index in [1.807, 2.05) is 32.0 Å². The molecule has 2 fully saturated rings. The number of benzene rings is 2. The van der Waals surface area contributed by atoms with Gasteiger partial charge in [-0.15, -0.1) is 0 Å². The highest BCUT2D eigenvalue weighted by atomic mass is 19.1. The maximum absolute atomic E-state index is 15.6. The number of hydrogen-bond donors (Lipinski definition) is 1. The zero-order valence-electron chi connectivity index (χ0n) is 26.4. The van der Waals surface area contributed by atoms with E-state index in [0.717, 1.165) is 26.2 Å². The van der Waals surface area contributed by atoms with E-state index in [1.54, 1.807) is 39.9 Å². The summed E-state index contributed by atoms with van der Waals surface area (Å²) in [5.41, 5.74) is 6.99. The first-order valence-electron chi connectivity index (χ1n) is 15.5. The number of aromatic nitrogens is 4. The van der Waals surface area contributed by atoms with Crippen molar-refractivity contribution in [2.24, 2.45) is 0 Å². The summed E-state index contributed by atoms with van der Waals surface area (Å²) >= 11 is 0. The van der Waals surface area contributed by atoms with Gasteiger partial charge in [0.25, 0.3) is 5.91 Å². The van der Waals surface area contributed by atoms with Crippen molar-refractivity contribution in [2.75, 3.05) is 52.0 Å². The molecule has 46 heavy (non-hydrogen) atoms. The Labute approximate surface area is 267 Å². The van der Waals surface area contributed by atoms with Crippen LogP contribution in [0.25, 0.3) is 22.3 Å². The number of nitrogen functional groups attached to an aromatic ring is 1. The van der Waals surface area contributed by atoms with Crippen LogP contribution < -0.4 is 10.5 Å². The van der Waals surface area contributed by atoms with Crippen LogP contribution in [0.2, 0.25) is 0 Å².